The third kappa shape index (κ3) is 4.59. The van der Waals surface area contributed by atoms with E-state index in [1.807, 2.05) is 13.8 Å². The Morgan fingerprint density at radius 2 is 2.00 bits per heavy atom. The molecule has 1 aliphatic rings. The van der Waals surface area contributed by atoms with Crippen molar-refractivity contribution in [3.8, 4) is 0 Å². The van der Waals surface area contributed by atoms with Crippen LogP contribution in [0.4, 0.5) is 4.79 Å². The van der Waals surface area contributed by atoms with Crippen LogP contribution in [0.5, 0.6) is 0 Å². The Bertz CT molecular complexity index is 413. The molecule has 0 aromatic rings. The van der Waals surface area contributed by atoms with Gasteiger partial charge in [-0.1, -0.05) is 0 Å². The van der Waals surface area contributed by atoms with Gasteiger partial charge < -0.3 is 25.3 Å². The molecule has 3 amide bonds. The van der Waals surface area contributed by atoms with Gasteiger partial charge >= 0.3 is 12.0 Å². The lowest BCUT2D eigenvalue weighted by atomic mass is 10.2. The van der Waals surface area contributed by atoms with E-state index in [-0.39, 0.29) is 38.0 Å². The molecule has 1 aliphatic heterocycles. The summed E-state index contributed by atoms with van der Waals surface area (Å²) in [5, 5.41) is 21.3. The lowest BCUT2D eigenvalue weighted by molar-refractivity contribution is -0.141. The summed E-state index contributed by atoms with van der Waals surface area (Å²) in [7, 11) is 0. The Hall–Kier alpha value is -1.83. The maximum absolute atomic E-state index is 12.4. The molecule has 1 rings (SSSR count). The Balaban J connectivity index is 2.73. The number of carbonyl (C=O) groups is 3. The molecule has 0 aliphatic carbocycles. The van der Waals surface area contributed by atoms with Crippen molar-refractivity contribution in [2.45, 2.75) is 45.4 Å². The minimum atomic E-state index is -1.15. The number of rotatable bonds is 5. The van der Waals surface area contributed by atoms with E-state index in [1.165, 1.54) is 4.90 Å². The molecule has 0 bridgehead atoms. The number of hydrogen-bond acceptors (Lipinski definition) is 4. The minimum absolute atomic E-state index is 0.0107. The number of carboxylic acid groups (broad SMARTS) is 1. The van der Waals surface area contributed by atoms with Crippen LogP contribution < -0.4 is 5.32 Å². The fraction of sp³-hybridized carbons (Fsp3) is 0.769. The number of carbonyl (C=O) groups excluding carboxylic acids is 2. The summed E-state index contributed by atoms with van der Waals surface area (Å²) in [6.07, 6.45) is -0.838. The van der Waals surface area contributed by atoms with Crippen LogP contribution >= 0.6 is 0 Å². The molecule has 1 saturated heterocycles. The van der Waals surface area contributed by atoms with Crippen molar-refractivity contribution in [2.75, 3.05) is 19.6 Å². The third-order valence-corrected chi connectivity index (χ3v) is 3.25. The molecule has 0 aromatic heterocycles. The number of hydrogen-bond donors (Lipinski definition) is 3. The second-order valence-electron chi connectivity index (χ2n) is 5.41. The van der Waals surface area contributed by atoms with Crippen LogP contribution in [0.2, 0.25) is 0 Å². The van der Waals surface area contributed by atoms with Gasteiger partial charge in [0.2, 0.25) is 5.91 Å². The van der Waals surface area contributed by atoms with Crippen molar-refractivity contribution >= 4 is 17.9 Å². The number of nitrogens with one attached hydrogen (secondary N) is 1. The average molecular weight is 301 g/mol. The van der Waals surface area contributed by atoms with Gasteiger partial charge in [-0.15, -0.1) is 0 Å². The van der Waals surface area contributed by atoms with Crippen LogP contribution in [-0.4, -0.2) is 75.7 Å². The van der Waals surface area contributed by atoms with Gasteiger partial charge in [0.15, 0.2) is 0 Å². The molecule has 8 nitrogen and oxygen atoms in total. The number of urea groups is 1. The highest BCUT2D eigenvalue weighted by molar-refractivity contribution is 5.87. The molecule has 0 radical (unpaired) electrons. The van der Waals surface area contributed by atoms with Crippen molar-refractivity contribution in [3.05, 3.63) is 0 Å². The highest BCUT2D eigenvalue weighted by Gasteiger charge is 2.40. The number of β-amino-alcohol motifs (C(OH)–C–C–N with tert-alkyl or cyclic N) is 1. The first-order chi connectivity index (χ1) is 9.76. The zero-order valence-electron chi connectivity index (χ0n) is 12.6. The summed E-state index contributed by atoms with van der Waals surface area (Å²) < 4.78 is 0. The minimum Gasteiger partial charge on any atom is -0.480 e. The first-order valence-corrected chi connectivity index (χ1v) is 7.02. The first-order valence-electron chi connectivity index (χ1n) is 7.02. The van der Waals surface area contributed by atoms with Crippen molar-refractivity contribution < 1.29 is 24.6 Å². The highest BCUT2D eigenvalue weighted by atomic mass is 16.4. The summed E-state index contributed by atoms with van der Waals surface area (Å²) in [5.74, 6) is -1.45. The van der Waals surface area contributed by atoms with Crippen LogP contribution in [0.25, 0.3) is 0 Å². The Morgan fingerprint density at radius 1 is 1.38 bits per heavy atom. The summed E-state index contributed by atoms with van der Waals surface area (Å²) in [4.78, 5) is 37.6. The summed E-state index contributed by atoms with van der Waals surface area (Å²) >= 11 is 0. The monoisotopic (exact) mass is 301 g/mol. The second kappa shape index (κ2) is 7.26. The number of amides is 3. The molecular formula is C13H23N3O5. The number of likely N-dealkylation sites (tertiary alicyclic amines) is 1. The second-order valence-corrected chi connectivity index (χ2v) is 5.41. The van der Waals surface area contributed by atoms with Gasteiger partial charge in [-0.05, 0) is 20.8 Å². The third-order valence-electron chi connectivity index (χ3n) is 3.25. The highest BCUT2D eigenvalue weighted by Crippen LogP contribution is 2.19. The summed E-state index contributed by atoms with van der Waals surface area (Å²) in [6.45, 7) is 5.46. The van der Waals surface area contributed by atoms with E-state index in [4.69, 9.17) is 5.11 Å². The number of nitrogens with zero attached hydrogens (tertiary/aromatic N) is 2. The smallest absolute Gasteiger partial charge is 0.326 e. The summed E-state index contributed by atoms with van der Waals surface area (Å²) in [5.41, 5.74) is 0. The predicted octanol–water partition coefficient (Wildman–Crippen LogP) is -0.527. The molecule has 120 valence electrons. The van der Waals surface area contributed by atoms with E-state index < -0.39 is 24.1 Å². The standard InChI is InChI=1S/C13H23N3O5/c1-4-15(7-11(18)14-8(2)3)13(21)16-6-9(17)5-10(16)12(19)20/h8-10,17H,4-7H2,1-3H3,(H,14,18)(H,19,20)/t9-,10+/m1/s1. The molecule has 0 spiro atoms. The molecule has 0 unspecified atom stereocenters. The number of aliphatic hydroxyl groups excluding tert-OH is 1. The van der Waals surface area contributed by atoms with Crippen LogP contribution in [0.1, 0.15) is 27.2 Å². The van der Waals surface area contributed by atoms with E-state index in [0.29, 0.717) is 0 Å². The van der Waals surface area contributed by atoms with E-state index in [2.05, 4.69) is 5.32 Å². The maximum Gasteiger partial charge on any atom is 0.326 e. The summed E-state index contributed by atoms with van der Waals surface area (Å²) in [6, 6.07) is -1.62. The first kappa shape index (κ1) is 17.2. The maximum atomic E-state index is 12.4. The van der Waals surface area contributed by atoms with E-state index in [9.17, 15) is 19.5 Å². The van der Waals surface area contributed by atoms with E-state index >= 15 is 0 Å². The molecule has 3 N–H and O–H groups in total. The van der Waals surface area contributed by atoms with Crippen LogP contribution in [-0.2, 0) is 9.59 Å². The van der Waals surface area contributed by atoms with Crippen LogP contribution in [0, 0.1) is 0 Å². The zero-order valence-corrected chi connectivity index (χ0v) is 12.6. The van der Waals surface area contributed by atoms with Gasteiger partial charge in [0.25, 0.3) is 0 Å². The average Bonchev–Trinajstić information content (AvgIpc) is 2.76. The van der Waals surface area contributed by atoms with Crippen molar-refractivity contribution in [1.29, 1.82) is 0 Å². The quantitative estimate of drug-likeness (QED) is 0.632. The topological polar surface area (TPSA) is 110 Å². The van der Waals surface area contributed by atoms with Crippen molar-refractivity contribution in [1.82, 2.24) is 15.1 Å². The number of aliphatic carboxylic acids is 1. The fourth-order valence-corrected chi connectivity index (χ4v) is 2.30. The van der Waals surface area contributed by atoms with Crippen molar-refractivity contribution in [3.63, 3.8) is 0 Å². The molecule has 1 heterocycles. The molecule has 1 fully saturated rings. The Kier molecular flexibility index (Phi) is 5.95. The number of likely N-dealkylation sites (N-methyl/N-ethyl adjacent to an activating group) is 1. The Labute approximate surface area is 123 Å². The lowest BCUT2D eigenvalue weighted by Gasteiger charge is -2.29. The molecule has 8 heteroatoms. The van der Waals surface area contributed by atoms with Crippen molar-refractivity contribution in [2.24, 2.45) is 0 Å². The molecular weight excluding hydrogens is 278 g/mol. The number of aliphatic hydroxyl groups is 1. The fourth-order valence-electron chi connectivity index (χ4n) is 2.30. The van der Waals surface area contributed by atoms with Gasteiger partial charge in [-0.2, -0.15) is 0 Å². The molecule has 21 heavy (non-hydrogen) atoms. The number of carboxylic acids is 1. The largest absolute Gasteiger partial charge is 0.480 e. The van der Waals surface area contributed by atoms with Gasteiger partial charge in [-0.25, -0.2) is 9.59 Å². The molecule has 0 saturated carbocycles. The van der Waals surface area contributed by atoms with E-state index in [1.54, 1.807) is 6.92 Å². The van der Waals surface area contributed by atoms with Crippen LogP contribution in [0.15, 0.2) is 0 Å². The van der Waals surface area contributed by atoms with Gasteiger partial charge in [0.1, 0.15) is 12.6 Å². The SMILES string of the molecule is CCN(CC(=O)NC(C)C)C(=O)N1C[C@H](O)C[C@H]1C(=O)O. The van der Waals surface area contributed by atoms with Crippen LogP contribution in [0.3, 0.4) is 0 Å². The lowest BCUT2D eigenvalue weighted by Crippen LogP contribution is -2.51. The van der Waals surface area contributed by atoms with Gasteiger partial charge in [0, 0.05) is 25.6 Å². The zero-order chi connectivity index (χ0) is 16.2. The Morgan fingerprint density at radius 3 is 2.48 bits per heavy atom. The van der Waals surface area contributed by atoms with E-state index in [0.717, 1.165) is 4.90 Å². The molecule has 0 aromatic carbocycles. The normalized spacial score (nSPS) is 21.5. The molecule has 2 atom stereocenters. The van der Waals surface area contributed by atoms with Gasteiger partial charge in [-0.3, -0.25) is 4.79 Å². The van der Waals surface area contributed by atoms with Gasteiger partial charge in [0.05, 0.1) is 6.10 Å². The predicted molar refractivity (Wildman–Crippen MR) is 74.7 cm³/mol.